The average molecular weight is 298 g/mol. The first-order valence-corrected chi connectivity index (χ1v) is 6.98. The van der Waals surface area contributed by atoms with Crippen molar-refractivity contribution in [3.8, 4) is 0 Å². The number of carbonyl (C=O) groups is 4. The molecule has 1 fully saturated rings. The van der Waals surface area contributed by atoms with Gasteiger partial charge < -0.3 is 21.7 Å². The predicted molar refractivity (Wildman–Crippen MR) is 74.5 cm³/mol. The third-order valence-electron chi connectivity index (χ3n) is 3.52. The molecule has 118 valence electrons. The summed E-state index contributed by atoms with van der Waals surface area (Å²) >= 11 is 0. The van der Waals surface area contributed by atoms with Gasteiger partial charge in [0.15, 0.2) is 0 Å². The van der Waals surface area contributed by atoms with Crippen LogP contribution in [0.2, 0.25) is 0 Å². The van der Waals surface area contributed by atoms with E-state index in [0.717, 1.165) is 0 Å². The summed E-state index contributed by atoms with van der Waals surface area (Å²) in [7, 11) is 0. The minimum atomic E-state index is -0.590. The van der Waals surface area contributed by atoms with E-state index in [-0.39, 0.29) is 37.0 Å². The second-order valence-corrected chi connectivity index (χ2v) is 5.21. The van der Waals surface area contributed by atoms with Gasteiger partial charge in [0.2, 0.25) is 23.6 Å². The monoisotopic (exact) mass is 298 g/mol. The molecule has 1 aliphatic heterocycles. The van der Waals surface area contributed by atoms with E-state index in [9.17, 15) is 19.2 Å². The molecule has 8 nitrogen and oxygen atoms in total. The van der Waals surface area contributed by atoms with Crippen LogP contribution < -0.4 is 16.8 Å². The van der Waals surface area contributed by atoms with Gasteiger partial charge in [0, 0.05) is 38.3 Å². The van der Waals surface area contributed by atoms with Gasteiger partial charge in [-0.1, -0.05) is 6.92 Å². The first-order valence-electron chi connectivity index (χ1n) is 6.98. The second-order valence-electron chi connectivity index (χ2n) is 5.21. The van der Waals surface area contributed by atoms with E-state index >= 15 is 0 Å². The van der Waals surface area contributed by atoms with Crippen molar-refractivity contribution in [2.45, 2.75) is 38.6 Å². The van der Waals surface area contributed by atoms with E-state index < -0.39 is 17.9 Å². The Morgan fingerprint density at radius 1 is 1.33 bits per heavy atom. The van der Waals surface area contributed by atoms with E-state index in [2.05, 4.69) is 5.32 Å². The molecule has 1 heterocycles. The van der Waals surface area contributed by atoms with Crippen LogP contribution in [-0.4, -0.2) is 47.7 Å². The maximum Gasteiger partial charge on any atom is 0.240 e. The second kappa shape index (κ2) is 7.61. The lowest BCUT2D eigenvalue weighted by atomic mass is 10.1. The molecule has 1 rings (SSSR count). The van der Waals surface area contributed by atoms with Gasteiger partial charge in [0.1, 0.15) is 6.04 Å². The molecule has 0 spiro atoms. The minimum absolute atomic E-state index is 0.00113. The number of nitrogens with two attached hydrogens (primary N) is 2. The molecule has 1 unspecified atom stereocenters. The molecule has 0 aliphatic carbocycles. The van der Waals surface area contributed by atoms with Crippen LogP contribution in [0.4, 0.5) is 0 Å². The Hall–Kier alpha value is -2.12. The SMILES string of the molecule is CC[C@H](C(N)=O)N1CC(CNC(=O)CCC(N)=O)CC1=O. The zero-order valence-corrected chi connectivity index (χ0v) is 12.1. The van der Waals surface area contributed by atoms with E-state index in [1.807, 2.05) is 0 Å². The van der Waals surface area contributed by atoms with Gasteiger partial charge in [-0.05, 0) is 6.42 Å². The summed E-state index contributed by atoms with van der Waals surface area (Å²) in [6.07, 6.45) is 0.790. The van der Waals surface area contributed by atoms with Gasteiger partial charge in [-0.2, -0.15) is 0 Å². The summed E-state index contributed by atoms with van der Waals surface area (Å²) in [6.45, 7) is 2.52. The summed E-state index contributed by atoms with van der Waals surface area (Å²) in [5, 5.41) is 2.67. The normalized spacial score (nSPS) is 19.4. The van der Waals surface area contributed by atoms with Crippen molar-refractivity contribution in [1.82, 2.24) is 10.2 Å². The lowest BCUT2D eigenvalue weighted by molar-refractivity contribution is -0.136. The molecule has 0 bridgehead atoms. The first kappa shape index (κ1) is 16.9. The van der Waals surface area contributed by atoms with Crippen molar-refractivity contribution in [2.24, 2.45) is 17.4 Å². The van der Waals surface area contributed by atoms with Gasteiger partial charge in [-0.15, -0.1) is 0 Å². The maximum atomic E-state index is 11.9. The Labute approximate surface area is 123 Å². The van der Waals surface area contributed by atoms with Crippen LogP contribution in [0.15, 0.2) is 0 Å². The topological polar surface area (TPSA) is 136 Å². The third-order valence-corrected chi connectivity index (χ3v) is 3.52. The van der Waals surface area contributed by atoms with Gasteiger partial charge in [-0.3, -0.25) is 19.2 Å². The molecule has 21 heavy (non-hydrogen) atoms. The highest BCUT2D eigenvalue weighted by molar-refractivity contribution is 5.88. The lowest BCUT2D eigenvalue weighted by Crippen LogP contribution is -2.45. The summed E-state index contributed by atoms with van der Waals surface area (Å²) in [5.74, 6) is -1.50. The van der Waals surface area contributed by atoms with Crippen LogP contribution >= 0.6 is 0 Å². The van der Waals surface area contributed by atoms with Crippen LogP contribution in [0.1, 0.15) is 32.6 Å². The standard InChI is InChI=1S/C13H22N4O4/c1-2-9(13(15)21)17-7-8(5-12(17)20)6-16-11(19)4-3-10(14)18/h8-9H,2-7H2,1H3,(H2,14,18)(H2,15,21)(H,16,19)/t8?,9-/m1/s1. The van der Waals surface area contributed by atoms with Crippen molar-refractivity contribution >= 4 is 23.6 Å². The smallest absolute Gasteiger partial charge is 0.240 e. The van der Waals surface area contributed by atoms with Crippen molar-refractivity contribution < 1.29 is 19.2 Å². The van der Waals surface area contributed by atoms with Gasteiger partial charge >= 0.3 is 0 Å². The number of hydrogen-bond acceptors (Lipinski definition) is 4. The average Bonchev–Trinajstić information content (AvgIpc) is 2.76. The fourth-order valence-electron chi connectivity index (χ4n) is 2.40. The van der Waals surface area contributed by atoms with E-state index in [1.165, 1.54) is 4.90 Å². The number of hydrogen-bond donors (Lipinski definition) is 3. The Kier molecular flexibility index (Phi) is 6.13. The first-order chi connectivity index (χ1) is 9.85. The molecule has 0 saturated carbocycles. The number of rotatable bonds is 8. The molecule has 0 aromatic heterocycles. The van der Waals surface area contributed by atoms with E-state index in [0.29, 0.717) is 19.5 Å². The van der Waals surface area contributed by atoms with Crippen LogP contribution in [-0.2, 0) is 19.2 Å². The number of carbonyl (C=O) groups excluding carboxylic acids is 4. The molecule has 0 aromatic carbocycles. The Morgan fingerprint density at radius 3 is 2.52 bits per heavy atom. The summed E-state index contributed by atoms with van der Waals surface area (Å²) in [5.41, 5.74) is 10.2. The summed E-state index contributed by atoms with van der Waals surface area (Å²) in [4.78, 5) is 46.7. The van der Waals surface area contributed by atoms with Gasteiger partial charge in [-0.25, -0.2) is 0 Å². The number of nitrogens with one attached hydrogen (secondary N) is 1. The van der Waals surface area contributed by atoms with Crippen molar-refractivity contribution in [2.75, 3.05) is 13.1 Å². The lowest BCUT2D eigenvalue weighted by Gasteiger charge is -2.24. The molecule has 0 radical (unpaired) electrons. The molecular formula is C13H22N4O4. The van der Waals surface area contributed by atoms with Gasteiger partial charge in [0.25, 0.3) is 0 Å². The fraction of sp³-hybridized carbons (Fsp3) is 0.692. The van der Waals surface area contributed by atoms with Crippen LogP contribution in [0.3, 0.4) is 0 Å². The van der Waals surface area contributed by atoms with Crippen molar-refractivity contribution in [1.29, 1.82) is 0 Å². The number of likely N-dealkylation sites (tertiary alicyclic amines) is 1. The quantitative estimate of drug-likeness (QED) is 0.501. The summed E-state index contributed by atoms with van der Waals surface area (Å²) < 4.78 is 0. The fourth-order valence-corrected chi connectivity index (χ4v) is 2.40. The third kappa shape index (κ3) is 5.05. The van der Waals surface area contributed by atoms with Crippen LogP contribution in [0.25, 0.3) is 0 Å². The van der Waals surface area contributed by atoms with Crippen molar-refractivity contribution in [3.63, 3.8) is 0 Å². The van der Waals surface area contributed by atoms with E-state index in [4.69, 9.17) is 11.5 Å². The Bertz CT molecular complexity index is 438. The largest absolute Gasteiger partial charge is 0.370 e. The molecular weight excluding hydrogens is 276 g/mol. The molecule has 0 aromatic rings. The van der Waals surface area contributed by atoms with E-state index in [1.54, 1.807) is 6.92 Å². The minimum Gasteiger partial charge on any atom is -0.370 e. The van der Waals surface area contributed by atoms with Crippen LogP contribution in [0.5, 0.6) is 0 Å². The zero-order valence-electron chi connectivity index (χ0n) is 12.1. The summed E-state index contributed by atoms with van der Waals surface area (Å²) in [6, 6.07) is -0.590. The maximum absolute atomic E-state index is 11.9. The molecule has 8 heteroatoms. The molecule has 5 N–H and O–H groups in total. The van der Waals surface area contributed by atoms with Crippen LogP contribution in [0, 0.1) is 5.92 Å². The Balaban J connectivity index is 2.42. The highest BCUT2D eigenvalue weighted by Crippen LogP contribution is 2.21. The Morgan fingerprint density at radius 2 is 2.00 bits per heavy atom. The molecule has 1 aliphatic rings. The van der Waals surface area contributed by atoms with Gasteiger partial charge in [0.05, 0.1) is 0 Å². The number of nitrogens with zero attached hydrogens (tertiary/aromatic N) is 1. The zero-order chi connectivity index (χ0) is 16.0. The predicted octanol–water partition coefficient (Wildman–Crippen LogP) is -1.52. The highest BCUT2D eigenvalue weighted by Gasteiger charge is 2.35. The molecule has 2 atom stereocenters. The molecule has 1 saturated heterocycles. The highest BCUT2D eigenvalue weighted by atomic mass is 16.2. The number of primary amides is 2. The van der Waals surface area contributed by atoms with Crippen molar-refractivity contribution in [3.05, 3.63) is 0 Å². The molecule has 4 amide bonds. The number of amides is 4.